The number of carbonyl (C=O) groups is 1. The van der Waals surface area contributed by atoms with Crippen molar-refractivity contribution in [3.8, 4) is 0 Å². The van der Waals surface area contributed by atoms with Gasteiger partial charge in [0, 0.05) is 17.0 Å². The van der Waals surface area contributed by atoms with Crippen LogP contribution in [0.4, 0.5) is 5.69 Å². The van der Waals surface area contributed by atoms with Crippen molar-refractivity contribution in [2.75, 3.05) is 16.8 Å². The molecule has 1 saturated carbocycles. The Kier molecular flexibility index (Phi) is 5.93. The number of hydrogen-bond donors (Lipinski definition) is 2. The van der Waals surface area contributed by atoms with Crippen LogP contribution in [0.3, 0.4) is 0 Å². The lowest BCUT2D eigenvalue weighted by atomic mass is 9.78. The maximum atomic E-state index is 12.5. The second-order valence-corrected chi connectivity index (χ2v) is 12.1. The topological polar surface area (TPSA) is 87.6 Å². The van der Waals surface area contributed by atoms with Gasteiger partial charge in [0.25, 0.3) is 0 Å². The van der Waals surface area contributed by atoms with E-state index in [-0.39, 0.29) is 34.7 Å². The van der Waals surface area contributed by atoms with Gasteiger partial charge in [0.2, 0.25) is 5.91 Å². The van der Waals surface area contributed by atoms with Crippen molar-refractivity contribution in [3.05, 3.63) is 29.8 Å². The van der Waals surface area contributed by atoms with Crippen molar-refractivity contribution in [2.45, 2.75) is 56.9 Å². The normalized spacial score (nSPS) is 33.0. The molecule has 3 aliphatic rings. The second kappa shape index (κ2) is 8.30. The Balaban J connectivity index is 1.29. The van der Waals surface area contributed by atoms with Gasteiger partial charge < -0.3 is 10.6 Å². The summed E-state index contributed by atoms with van der Waals surface area (Å²) in [6, 6.07) is 7.97. The minimum atomic E-state index is -2.93. The number of thioether (sulfide) groups is 1. The van der Waals surface area contributed by atoms with E-state index < -0.39 is 9.84 Å². The number of nitrogens with one attached hydrogen (secondary N) is 2. The summed E-state index contributed by atoms with van der Waals surface area (Å²) in [6.07, 6.45) is 3.90. The number of amides is 1. The average molecular weight is 436 g/mol. The fraction of sp³-hybridized carbons (Fsp3) is 0.619. The minimum absolute atomic E-state index is 0.0374. The van der Waals surface area contributed by atoms with E-state index in [0.717, 1.165) is 22.8 Å². The molecule has 0 aromatic heterocycles. The van der Waals surface area contributed by atoms with E-state index in [0.29, 0.717) is 18.3 Å². The highest BCUT2D eigenvalue weighted by atomic mass is 32.2. The molecule has 2 N–H and O–H groups in total. The molecule has 1 aromatic carbocycles. The summed E-state index contributed by atoms with van der Waals surface area (Å²) < 4.78 is 23.3. The van der Waals surface area contributed by atoms with Crippen LogP contribution in [0.2, 0.25) is 0 Å². The Morgan fingerprint density at radius 2 is 1.93 bits per heavy atom. The highest BCUT2D eigenvalue weighted by Gasteiger charge is 2.42. The molecule has 29 heavy (non-hydrogen) atoms. The number of fused-ring (bicyclic) bond motifs is 1. The van der Waals surface area contributed by atoms with Gasteiger partial charge in [0.1, 0.15) is 0 Å². The summed E-state index contributed by atoms with van der Waals surface area (Å²) in [4.78, 5) is 17.0. The van der Waals surface area contributed by atoms with Crippen LogP contribution < -0.4 is 10.6 Å². The van der Waals surface area contributed by atoms with Crippen molar-refractivity contribution in [2.24, 2.45) is 16.8 Å². The molecule has 6 nitrogen and oxygen atoms in total. The first-order valence-corrected chi connectivity index (χ1v) is 13.1. The number of amidine groups is 1. The monoisotopic (exact) mass is 435 g/mol. The SMILES string of the molecule is CC1CCCC(NC(=O)Cc2ccc(NC3=NC4CS(=O)(=O)CC4S3)cc2)C1C. The van der Waals surface area contributed by atoms with E-state index >= 15 is 0 Å². The molecule has 5 atom stereocenters. The number of rotatable bonds is 4. The van der Waals surface area contributed by atoms with E-state index in [1.54, 1.807) is 0 Å². The van der Waals surface area contributed by atoms with Gasteiger partial charge in [-0.3, -0.25) is 9.79 Å². The van der Waals surface area contributed by atoms with E-state index in [2.05, 4.69) is 29.5 Å². The smallest absolute Gasteiger partial charge is 0.224 e. The fourth-order valence-electron chi connectivity index (χ4n) is 4.47. The van der Waals surface area contributed by atoms with Crippen LogP contribution in [-0.2, 0) is 21.1 Å². The average Bonchev–Trinajstić information content (AvgIpc) is 3.13. The van der Waals surface area contributed by atoms with Crippen LogP contribution in [0.25, 0.3) is 0 Å². The summed E-state index contributed by atoms with van der Waals surface area (Å²) >= 11 is 1.51. The van der Waals surface area contributed by atoms with Gasteiger partial charge in [0.15, 0.2) is 15.0 Å². The number of hydrogen-bond acceptors (Lipinski definition) is 6. The van der Waals surface area contributed by atoms with Crippen LogP contribution in [0.1, 0.15) is 38.7 Å². The Morgan fingerprint density at radius 3 is 2.66 bits per heavy atom. The molecule has 0 radical (unpaired) electrons. The van der Waals surface area contributed by atoms with E-state index in [1.807, 2.05) is 24.3 Å². The van der Waals surface area contributed by atoms with Crippen molar-refractivity contribution in [1.29, 1.82) is 0 Å². The minimum Gasteiger partial charge on any atom is -0.353 e. The molecule has 2 aliphatic heterocycles. The molecule has 1 saturated heterocycles. The molecule has 158 valence electrons. The van der Waals surface area contributed by atoms with Crippen molar-refractivity contribution in [3.63, 3.8) is 0 Å². The molecular weight excluding hydrogens is 406 g/mol. The van der Waals surface area contributed by atoms with Gasteiger partial charge in [-0.25, -0.2) is 8.42 Å². The largest absolute Gasteiger partial charge is 0.353 e. The highest BCUT2D eigenvalue weighted by Crippen LogP contribution is 2.34. The molecule has 2 heterocycles. The van der Waals surface area contributed by atoms with Gasteiger partial charge in [-0.2, -0.15) is 0 Å². The lowest BCUT2D eigenvalue weighted by Gasteiger charge is -2.34. The lowest BCUT2D eigenvalue weighted by molar-refractivity contribution is -0.121. The van der Waals surface area contributed by atoms with E-state index in [4.69, 9.17) is 0 Å². The Bertz CT molecular complexity index is 898. The molecule has 0 spiro atoms. The molecular formula is C21H29N3O3S2. The summed E-state index contributed by atoms with van der Waals surface area (Å²) in [5.41, 5.74) is 1.88. The maximum absolute atomic E-state index is 12.5. The Morgan fingerprint density at radius 1 is 1.17 bits per heavy atom. The number of benzene rings is 1. The molecule has 8 heteroatoms. The lowest BCUT2D eigenvalue weighted by Crippen LogP contribution is -2.44. The first-order valence-electron chi connectivity index (χ1n) is 10.4. The van der Waals surface area contributed by atoms with Gasteiger partial charge in [0.05, 0.1) is 24.0 Å². The third-order valence-corrected chi connectivity index (χ3v) is 9.58. The van der Waals surface area contributed by atoms with Gasteiger partial charge in [-0.15, -0.1) is 0 Å². The number of anilines is 1. The molecule has 1 amide bonds. The third kappa shape index (κ3) is 4.97. The number of carbonyl (C=O) groups excluding carboxylic acids is 1. The summed E-state index contributed by atoms with van der Waals surface area (Å²) in [5, 5.41) is 7.31. The molecule has 1 aliphatic carbocycles. The maximum Gasteiger partial charge on any atom is 0.224 e. The van der Waals surface area contributed by atoms with E-state index in [1.165, 1.54) is 24.6 Å². The van der Waals surface area contributed by atoms with Crippen LogP contribution in [0, 0.1) is 11.8 Å². The zero-order valence-corrected chi connectivity index (χ0v) is 18.6. The molecule has 4 rings (SSSR count). The molecule has 1 aromatic rings. The van der Waals surface area contributed by atoms with Crippen LogP contribution in [0.15, 0.2) is 29.3 Å². The number of nitrogens with zero attached hydrogens (tertiary/aromatic N) is 1. The fourth-order valence-corrected chi connectivity index (χ4v) is 8.15. The summed E-state index contributed by atoms with van der Waals surface area (Å²) in [5.74, 6) is 1.64. The summed E-state index contributed by atoms with van der Waals surface area (Å²) in [7, 11) is -2.93. The Hall–Kier alpha value is -1.54. The van der Waals surface area contributed by atoms with Crippen LogP contribution in [0.5, 0.6) is 0 Å². The van der Waals surface area contributed by atoms with Crippen molar-refractivity contribution < 1.29 is 13.2 Å². The quantitative estimate of drug-likeness (QED) is 0.759. The number of aliphatic imine (C=N–C) groups is 1. The standard InChI is InChI=1S/C21H29N3O3S2/c1-13-4-3-5-17(14(13)2)23-20(25)10-15-6-8-16(9-7-15)22-21-24-18-11-29(26,27)12-19(18)28-21/h6-9,13-14,17-19H,3-5,10-12H2,1-2H3,(H,22,24)(H,23,25). The Labute approximate surface area is 177 Å². The van der Waals surface area contributed by atoms with Gasteiger partial charge in [-0.1, -0.05) is 50.6 Å². The second-order valence-electron chi connectivity index (χ2n) is 8.67. The molecule has 2 fully saturated rings. The zero-order valence-electron chi connectivity index (χ0n) is 16.9. The molecule has 5 unspecified atom stereocenters. The highest BCUT2D eigenvalue weighted by molar-refractivity contribution is 8.15. The first kappa shape index (κ1) is 20.7. The summed E-state index contributed by atoms with van der Waals surface area (Å²) in [6.45, 7) is 4.51. The van der Waals surface area contributed by atoms with Crippen molar-refractivity contribution in [1.82, 2.24) is 5.32 Å². The molecule has 0 bridgehead atoms. The zero-order chi connectivity index (χ0) is 20.6. The van der Waals surface area contributed by atoms with Crippen molar-refractivity contribution >= 4 is 38.4 Å². The third-order valence-electron chi connectivity index (χ3n) is 6.44. The predicted octanol–water partition coefficient (Wildman–Crippen LogP) is 2.85. The predicted molar refractivity (Wildman–Crippen MR) is 119 cm³/mol. The van der Waals surface area contributed by atoms with Crippen LogP contribution >= 0.6 is 11.8 Å². The van der Waals surface area contributed by atoms with Crippen LogP contribution in [-0.4, -0.2) is 48.3 Å². The first-order chi connectivity index (χ1) is 13.8. The van der Waals surface area contributed by atoms with Gasteiger partial charge in [-0.05, 0) is 36.0 Å². The van der Waals surface area contributed by atoms with Gasteiger partial charge >= 0.3 is 0 Å². The van der Waals surface area contributed by atoms with E-state index in [9.17, 15) is 13.2 Å². The number of sulfone groups is 1.